The van der Waals surface area contributed by atoms with E-state index in [1.807, 2.05) is 12.1 Å². The third-order valence-electron chi connectivity index (χ3n) is 10.4. The molecule has 2 N–H and O–H groups in total. The second kappa shape index (κ2) is 10.7. The van der Waals surface area contributed by atoms with Crippen LogP contribution in [-0.4, -0.2) is 59.4 Å². The number of fused-ring (bicyclic) bond motifs is 4. The summed E-state index contributed by atoms with van der Waals surface area (Å²) in [7, 11) is 0. The Balaban J connectivity index is 1.26. The van der Waals surface area contributed by atoms with E-state index >= 15 is 0 Å². The SMILES string of the molecule is N#Cc1c(N)ccc2c1C1(CCC2)Cc2nc(OCC34CCCN3CC(F)C4)nc(N3CCCC(C#N)CC3)c2CO1. The normalized spacial score (nSPS) is 30.6. The highest BCUT2D eigenvalue weighted by molar-refractivity contribution is 5.63. The molecule has 3 saturated heterocycles. The Morgan fingerprint density at radius 2 is 2.02 bits per heavy atom. The summed E-state index contributed by atoms with van der Waals surface area (Å²) in [5, 5.41) is 19.6. The molecular weight excluding hydrogens is 533 g/mol. The number of hydrogen-bond donors (Lipinski definition) is 1. The number of alkyl halides is 1. The molecule has 10 heteroatoms. The number of halogens is 1. The van der Waals surface area contributed by atoms with Crippen LogP contribution < -0.4 is 15.4 Å². The molecule has 0 radical (unpaired) electrons. The van der Waals surface area contributed by atoms with E-state index in [9.17, 15) is 14.9 Å². The van der Waals surface area contributed by atoms with Gasteiger partial charge in [0.15, 0.2) is 0 Å². The van der Waals surface area contributed by atoms with Crippen molar-refractivity contribution in [1.29, 1.82) is 10.5 Å². The third-order valence-corrected chi connectivity index (χ3v) is 10.4. The van der Waals surface area contributed by atoms with Crippen molar-refractivity contribution >= 4 is 11.5 Å². The van der Waals surface area contributed by atoms with Gasteiger partial charge in [-0.15, -0.1) is 0 Å². The summed E-state index contributed by atoms with van der Waals surface area (Å²) in [4.78, 5) is 14.5. The Morgan fingerprint density at radius 3 is 2.88 bits per heavy atom. The maximum Gasteiger partial charge on any atom is 0.318 e. The van der Waals surface area contributed by atoms with Gasteiger partial charge in [0.25, 0.3) is 0 Å². The monoisotopic (exact) mass is 571 g/mol. The van der Waals surface area contributed by atoms with Crippen LogP contribution in [0.25, 0.3) is 0 Å². The number of aryl methyl sites for hydroxylation is 1. The molecule has 0 bridgehead atoms. The van der Waals surface area contributed by atoms with Crippen molar-refractivity contribution in [3.63, 3.8) is 0 Å². The minimum absolute atomic E-state index is 0.0416. The van der Waals surface area contributed by atoms with Crippen LogP contribution in [0.3, 0.4) is 0 Å². The number of nitrogen functional groups attached to an aromatic ring is 1. The summed E-state index contributed by atoms with van der Waals surface area (Å²) < 4.78 is 27.6. The van der Waals surface area contributed by atoms with Crippen LogP contribution in [-0.2, 0) is 29.8 Å². The Labute approximate surface area is 246 Å². The molecule has 1 aromatic heterocycles. The fraction of sp³-hybridized carbons (Fsp3) is 0.625. The van der Waals surface area contributed by atoms with Gasteiger partial charge in [0.1, 0.15) is 30.3 Å². The molecule has 0 amide bonds. The van der Waals surface area contributed by atoms with E-state index in [0.717, 1.165) is 99.2 Å². The van der Waals surface area contributed by atoms with E-state index in [-0.39, 0.29) is 11.5 Å². The standard InChI is InChI=1S/C32H38FN7O2/c33-23-14-31(9-3-12-40(31)18-23)20-41-30-37-27-15-32(10-1-5-22-6-7-26(36)24(17-35)28(22)32)42-19-25(27)29(38-30)39-11-2-4-21(16-34)8-13-39/h6-7,21,23H,1-5,8-15,18-20,36H2. The largest absolute Gasteiger partial charge is 0.461 e. The summed E-state index contributed by atoms with van der Waals surface area (Å²) in [6.45, 7) is 3.58. The van der Waals surface area contributed by atoms with Crippen molar-refractivity contribution in [2.24, 2.45) is 5.92 Å². The molecule has 2 aromatic rings. The topological polar surface area (TPSA) is 124 Å². The van der Waals surface area contributed by atoms with Gasteiger partial charge in [-0.2, -0.15) is 20.5 Å². The number of nitriles is 2. The first-order valence-electron chi connectivity index (χ1n) is 15.5. The minimum atomic E-state index is -0.829. The van der Waals surface area contributed by atoms with E-state index < -0.39 is 11.8 Å². The molecule has 5 heterocycles. The lowest BCUT2D eigenvalue weighted by atomic mass is 9.72. The Bertz CT molecular complexity index is 1470. The van der Waals surface area contributed by atoms with Gasteiger partial charge >= 0.3 is 6.01 Å². The highest BCUT2D eigenvalue weighted by Crippen LogP contribution is 2.48. The first-order valence-corrected chi connectivity index (χ1v) is 15.5. The van der Waals surface area contributed by atoms with Crippen LogP contribution in [0.4, 0.5) is 15.9 Å². The summed E-state index contributed by atoms with van der Waals surface area (Å²) in [5.41, 5.74) is 10.1. The quantitative estimate of drug-likeness (QED) is 0.534. The fourth-order valence-electron chi connectivity index (χ4n) is 8.25. The van der Waals surface area contributed by atoms with Crippen molar-refractivity contribution in [1.82, 2.24) is 14.9 Å². The number of nitrogens with zero attached hydrogens (tertiary/aromatic N) is 6. The number of hydrogen-bond acceptors (Lipinski definition) is 9. The number of anilines is 2. The van der Waals surface area contributed by atoms with Gasteiger partial charge in [-0.05, 0) is 69.5 Å². The molecule has 3 fully saturated rings. The zero-order chi connectivity index (χ0) is 28.9. The Morgan fingerprint density at radius 1 is 1.12 bits per heavy atom. The Hall–Kier alpha value is -3.47. The molecule has 4 atom stereocenters. The van der Waals surface area contributed by atoms with Crippen molar-refractivity contribution in [2.45, 2.75) is 88.1 Å². The molecule has 220 valence electrons. The predicted octanol–water partition coefficient (Wildman–Crippen LogP) is 4.32. The molecule has 1 spiro atoms. The number of benzene rings is 1. The van der Waals surface area contributed by atoms with Gasteiger partial charge in [0.05, 0.1) is 29.5 Å². The molecule has 7 rings (SSSR count). The first-order chi connectivity index (χ1) is 20.4. The van der Waals surface area contributed by atoms with Gasteiger partial charge in [0, 0.05) is 55.2 Å². The summed E-state index contributed by atoms with van der Waals surface area (Å²) >= 11 is 0. The second-order valence-electron chi connectivity index (χ2n) is 12.9. The van der Waals surface area contributed by atoms with Crippen molar-refractivity contribution < 1.29 is 13.9 Å². The predicted molar refractivity (Wildman–Crippen MR) is 154 cm³/mol. The lowest BCUT2D eigenvalue weighted by Gasteiger charge is -2.43. The van der Waals surface area contributed by atoms with E-state index in [1.165, 1.54) is 0 Å². The average molecular weight is 572 g/mol. The van der Waals surface area contributed by atoms with E-state index in [1.54, 1.807) is 0 Å². The summed E-state index contributed by atoms with van der Waals surface area (Å²) in [6, 6.07) is 8.97. The molecule has 9 nitrogen and oxygen atoms in total. The molecular formula is C32H38FN7O2. The molecule has 42 heavy (non-hydrogen) atoms. The fourth-order valence-corrected chi connectivity index (χ4v) is 8.25. The van der Waals surface area contributed by atoms with Gasteiger partial charge in [-0.25, -0.2) is 4.39 Å². The van der Waals surface area contributed by atoms with E-state index in [2.05, 4.69) is 21.9 Å². The van der Waals surface area contributed by atoms with Crippen LogP contribution in [0.5, 0.6) is 6.01 Å². The number of nitrogens with two attached hydrogens (primary N) is 1. The lowest BCUT2D eigenvalue weighted by molar-refractivity contribution is -0.0857. The van der Waals surface area contributed by atoms with Crippen molar-refractivity contribution in [2.75, 3.05) is 43.4 Å². The van der Waals surface area contributed by atoms with Crippen molar-refractivity contribution in [3.8, 4) is 18.1 Å². The molecule has 1 aromatic carbocycles. The van der Waals surface area contributed by atoms with Crippen LogP contribution in [0.1, 0.15) is 79.3 Å². The molecule has 0 saturated carbocycles. The summed E-state index contributed by atoms with van der Waals surface area (Å²) in [5.74, 6) is 0.850. The minimum Gasteiger partial charge on any atom is -0.461 e. The zero-order valence-electron chi connectivity index (χ0n) is 24.1. The smallest absolute Gasteiger partial charge is 0.318 e. The number of ether oxygens (including phenoxy) is 2. The van der Waals surface area contributed by atoms with Gasteiger partial charge in [-0.1, -0.05) is 6.07 Å². The lowest BCUT2D eigenvalue weighted by Crippen LogP contribution is -2.44. The maximum atomic E-state index is 14.5. The van der Waals surface area contributed by atoms with Gasteiger partial charge in [0.2, 0.25) is 0 Å². The van der Waals surface area contributed by atoms with E-state index in [0.29, 0.717) is 49.9 Å². The van der Waals surface area contributed by atoms with Crippen LogP contribution >= 0.6 is 0 Å². The van der Waals surface area contributed by atoms with Gasteiger partial charge in [-0.3, -0.25) is 4.90 Å². The third kappa shape index (κ3) is 4.56. The number of rotatable bonds is 4. The highest BCUT2D eigenvalue weighted by Gasteiger charge is 2.50. The number of aromatic nitrogens is 2. The van der Waals surface area contributed by atoms with Crippen LogP contribution in [0, 0.1) is 28.6 Å². The first kappa shape index (κ1) is 27.4. The van der Waals surface area contributed by atoms with E-state index in [4.69, 9.17) is 25.2 Å². The summed E-state index contributed by atoms with van der Waals surface area (Å²) in [6.07, 6.45) is 7.29. The maximum absolute atomic E-state index is 14.5. The zero-order valence-corrected chi connectivity index (χ0v) is 24.1. The molecule has 4 unspecified atom stereocenters. The average Bonchev–Trinajstić information content (AvgIpc) is 3.40. The highest BCUT2D eigenvalue weighted by atomic mass is 19.1. The second-order valence-corrected chi connectivity index (χ2v) is 12.9. The van der Waals surface area contributed by atoms with Crippen LogP contribution in [0.2, 0.25) is 0 Å². The molecule has 1 aliphatic carbocycles. The van der Waals surface area contributed by atoms with Crippen molar-refractivity contribution in [3.05, 3.63) is 40.1 Å². The molecule has 5 aliphatic rings. The van der Waals surface area contributed by atoms with Crippen LogP contribution in [0.15, 0.2) is 12.1 Å². The molecule has 4 aliphatic heterocycles. The van der Waals surface area contributed by atoms with Gasteiger partial charge < -0.3 is 20.1 Å². The Kier molecular flexibility index (Phi) is 6.95.